The van der Waals surface area contributed by atoms with E-state index in [0.717, 1.165) is 4.88 Å². The smallest absolute Gasteiger partial charge is 0.320 e. The Bertz CT molecular complexity index is 364. The van der Waals surface area contributed by atoms with Crippen molar-refractivity contribution in [3.63, 3.8) is 0 Å². The number of aliphatic hydroxyl groups is 1. The molecule has 1 aromatic heterocycles. The van der Waals surface area contributed by atoms with Gasteiger partial charge < -0.3 is 10.2 Å². The lowest BCUT2D eigenvalue weighted by atomic mass is 10.0. The van der Waals surface area contributed by atoms with Crippen molar-refractivity contribution in [3.05, 3.63) is 22.4 Å². The fourth-order valence-corrected chi connectivity index (χ4v) is 2.64. The molecule has 1 aromatic rings. The number of aliphatic hydroxyl groups excluding tert-OH is 1. The molecule has 0 saturated carbocycles. The lowest BCUT2D eigenvalue weighted by Crippen LogP contribution is -2.45. The molecule has 0 amide bonds. The highest BCUT2D eigenvalue weighted by Crippen LogP contribution is 2.22. The Morgan fingerprint density at radius 2 is 2.11 bits per heavy atom. The molecule has 1 heterocycles. The van der Waals surface area contributed by atoms with Gasteiger partial charge in [0.15, 0.2) is 0 Å². The molecule has 0 fully saturated rings. The zero-order chi connectivity index (χ0) is 13.7. The number of thiophene rings is 1. The highest BCUT2D eigenvalue weighted by atomic mass is 32.1. The van der Waals surface area contributed by atoms with Crippen molar-refractivity contribution in [2.45, 2.75) is 45.4 Å². The first-order chi connectivity index (χ1) is 8.41. The SMILES string of the molecule is CC(C)CC(NC(C)C(O)c1cccs1)C(=O)O. The van der Waals surface area contributed by atoms with Crippen LogP contribution < -0.4 is 5.32 Å². The van der Waals surface area contributed by atoms with Crippen molar-refractivity contribution in [2.75, 3.05) is 0 Å². The van der Waals surface area contributed by atoms with Gasteiger partial charge in [-0.15, -0.1) is 11.3 Å². The topological polar surface area (TPSA) is 69.6 Å². The Morgan fingerprint density at radius 1 is 1.44 bits per heavy atom. The van der Waals surface area contributed by atoms with E-state index in [1.807, 2.05) is 31.4 Å². The molecule has 0 saturated heterocycles. The summed E-state index contributed by atoms with van der Waals surface area (Å²) >= 11 is 1.47. The van der Waals surface area contributed by atoms with Crippen molar-refractivity contribution in [1.29, 1.82) is 0 Å². The van der Waals surface area contributed by atoms with Gasteiger partial charge in [0, 0.05) is 10.9 Å². The number of carboxylic acids is 1. The molecule has 0 spiro atoms. The Kier molecular flexibility index (Phi) is 5.78. The highest BCUT2D eigenvalue weighted by molar-refractivity contribution is 7.10. The van der Waals surface area contributed by atoms with E-state index in [4.69, 9.17) is 5.11 Å². The maximum absolute atomic E-state index is 11.1. The van der Waals surface area contributed by atoms with E-state index in [-0.39, 0.29) is 6.04 Å². The molecule has 3 atom stereocenters. The summed E-state index contributed by atoms with van der Waals surface area (Å²) in [7, 11) is 0. The molecule has 3 unspecified atom stereocenters. The molecule has 3 N–H and O–H groups in total. The zero-order valence-electron chi connectivity index (χ0n) is 11.0. The van der Waals surface area contributed by atoms with Crippen molar-refractivity contribution >= 4 is 17.3 Å². The third-order valence-corrected chi connectivity index (χ3v) is 3.72. The Labute approximate surface area is 112 Å². The van der Waals surface area contributed by atoms with E-state index in [2.05, 4.69) is 5.32 Å². The number of carbonyl (C=O) groups is 1. The second-order valence-corrected chi connectivity index (χ2v) is 5.92. The van der Waals surface area contributed by atoms with Crippen LogP contribution in [0.3, 0.4) is 0 Å². The minimum Gasteiger partial charge on any atom is -0.480 e. The predicted molar refractivity (Wildman–Crippen MR) is 72.8 cm³/mol. The lowest BCUT2D eigenvalue weighted by molar-refractivity contribution is -0.140. The molecule has 0 aliphatic rings. The van der Waals surface area contributed by atoms with E-state index >= 15 is 0 Å². The van der Waals surface area contributed by atoms with Crippen LogP contribution in [-0.4, -0.2) is 28.3 Å². The summed E-state index contributed by atoms with van der Waals surface area (Å²) in [6, 6.07) is 2.82. The largest absolute Gasteiger partial charge is 0.480 e. The van der Waals surface area contributed by atoms with Crippen molar-refractivity contribution in [1.82, 2.24) is 5.32 Å². The molecule has 0 aliphatic heterocycles. The number of hydrogen-bond donors (Lipinski definition) is 3. The summed E-state index contributed by atoms with van der Waals surface area (Å²) in [4.78, 5) is 12.0. The first-order valence-corrected chi connectivity index (χ1v) is 7.00. The molecule has 5 heteroatoms. The van der Waals surface area contributed by atoms with E-state index in [0.29, 0.717) is 12.3 Å². The molecule has 0 aromatic carbocycles. The number of nitrogens with one attached hydrogen (secondary N) is 1. The van der Waals surface area contributed by atoms with Gasteiger partial charge in [0.1, 0.15) is 12.1 Å². The summed E-state index contributed by atoms with van der Waals surface area (Å²) in [6.07, 6.45) is -0.115. The van der Waals surface area contributed by atoms with Gasteiger partial charge in [0.05, 0.1) is 0 Å². The average Bonchev–Trinajstić information content (AvgIpc) is 2.79. The van der Waals surface area contributed by atoms with E-state index in [1.54, 1.807) is 6.92 Å². The molecular weight excluding hydrogens is 250 g/mol. The van der Waals surface area contributed by atoms with Crippen LogP contribution >= 0.6 is 11.3 Å². The molecule has 0 radical (unpaired) electrons. The van der Waals surface area contributed by atoms with Crippen LogP contribution in [0.2, 0.25) is 0 Å². The minimum atomic E-state index is -0.867. The molecular formula is C13H21NO3S. The van der Waals surface area contributed by atoms with Gasteiger partial charge in [-0.3, -0.25) is 10.1 Å². The van der Waals surface area contributed by atoms with Crippen LogP contribution in [0.15, 0.2) is 17.5 Å². The van der Waals surface area contributed by atoms with Gasteiger partial charge in [0.25, 0.3) is 0 Å². The molecule has 18 heavy (non-hydrogen) atoms. The van der Waals surface area contributed by atoms with Crippen LogP contribution in [0, 0.1) is 5.92 Å². The third-order valence-electron chi connectivity index (χ3n) is 2.78. The Morgan fingerprint density at radius 3 is 2.56 bits per heavy atom. The Balaban J connectivity index is 2.60. The van der Waals surface area contributed by atoms with Crippen LogP contribution in [0.25, 0.3) is 0 Å². The first kappa shape index (κ1) is 15.1. The van der Waals surface area contributed by atoms with Gasteiger partial charge in [-0.1, -0.05) is 19.9 Å². The summed E-state index contributed by atoms with van der Waals surface area (Å²) in [6.45, 7) is 5.77. The fraction of sp³-hybridized carbons (Fsp3) is 0.615. The lowest BCUT2D eigenvalue weighted by Gasteiger charge is -2.24. The van der Waals surface area contributed by atoms with Crippen LogP contribution in [0.1, 0.15) is 38.2 Å². The number of rotatable bonds is 7. The summed E-state index contributed by atoms with van der Waals surface area (Å²) in [5, 5.41) is 24.1. The first-order valence-electron chi connectivity index (χ1n) is 6.12. The maximum Gasteiger partial charge on any atom is 0.320 e. The number of aliphatic carboxylic acids is 1. The molecule has 4 nitrogen and oxygen atoms in total. The van der Waals surface area contributed by atoms with E-state index < -0.39 is 18.1 Å². The summed E-state index contributed by atoms with van der Waals surface area (Å²) in [5.41, 5.74) is 0. The van der Waals surface area contributed by atoms with Gasteiger partial charge in [-0.05, 0) is 30.7 Å². The number of hydrogen-bond acceptors (Lipinski definition) is 4. The molecule has 0 aliphatic carbocycles. The van der Waals surface area contributed by atoms with E-state index in [1.165, 1.54) is 11.3 Å². The highest BCUT2D eigenvalue weighted by Gasteiger charge is 2.25. The Hall–Kier alpha value is -0.910. The molecule has 102 valence electrons. The van der Waals surface area contributed by atoms with Crippen molar-refractivity contribution in [2.24, 2.45) is 5.92 Å². The van der Waals surface area contributed by atoms with Gasteiger partial charge in [-0.2, -0.15) is 0 Å². The van der Waals surface area contributed by atoms with Crippen LogP contribution in [-0.2, 0) is 4.79 Å². The zero-order valence-corrected chi connectivity index (χ0v) is 11.8. The van der Waals surface area contributed by atoms with E-state index in [9.17, 15) is 9.90 Å². The van der Waals surface area contributed by atoms with Gasteiger partial charge >= 0.3 is 5.97 Å². The average molecular weight is 271 g/mol. The second-order valence-electron chi connectivity index (χ2n) is 4.94. The predicted octanol–water partition coefficient (Wildman–Crippen LogP) is 2.26. The standard InChI is InChI=1S/C13H21NO3S/c1-8(2)7-10(13(16)17)14-9(3)12(15)11-5-4-6-18-11/h4-6,8-10,12,14-15H,7H2,1-3H3,(H,16,17). The van der Waals surface area contributed by atoms with Crippen molar-refractivity contribution in [3.8, 4) is 0 Å². The third kappa shape index (κ3) is 4.40. The molecule has 0 bridgehead atoms. The minimum absolute atomic E-state index is 0.288. The van der Waals surface area contributed by atoms with Gasteiger partial charge in [0.2, 0.25) is 0 Å². The van der Waals surface area contributed by atoms with Gasteiger partial charge in [-0.25, -0.2) is 0 Å². The fourth-order valence-electron chi connectivity index (χ4n) is 1.83. The second kappa shape index (κ2) is 6.87. The summed E-state index contributed by atoms with van der Waals surface area (Å²) in [5.74, 6) is -0.571. The monoisotopic (exact) mass is 271 g/mol. The maximum atomic E-state index is 11.1. The summed E-state index contributed by atoms with van der Waals surface area (Å²) < 4.78 is 0. The van der Waals surface area contributed by atoms with Crippen molar-refractivity contribution < 1.29 is 15.0 Å². The van der Waals surface area contributed by atoms with Crippen LogP contribution in [0.4, 0.5) is 0 Å². The normalized spacial score (nSPS) is 16.5. The molecule has 1 rings (SSSR count). The quantitative estimate of drug-likeness (QED) is 0.711. The van der Waals surface area contributed by atoms with Crippen LogP contribution in [0.5, 0.6) is 0 Å². The number of carboxylic acid groups (broad SMARTS) is 1.